The Hall–Kier alpha value is -8.53. The van der Waals surface area contributed by atoms with Crippen molar-refractivity contribution in [1.29, 1.82) is 0 Å². The second-order valence-corrected chi connectivity index (χ2v) is 16.6. The zero-order chi connectivity index (χ0) is 42.1. The zero-order valence-corrected chi connectivity index (χ0v) is 34.6. The summed E-state index contributed by atoms with van der Waals surface area (Å²) in [4.78, 5) is 5.38. The SMILES string of the molecule is c1ccc(-c2cc(-c3ccccc3)cc(-c3cccc4c3oc3c(-c5ccc(-c6ccc7c(c6)nc(-c6ccccc6)c6ccc8oc9ccccc9c8c67)cc5)cccc34)c2)cc1. The zero-order valence-electron chi connectivity index (χ0n) is 34.6. The van der Waals surface area contributed by atoms with Gasteiger partial charge in [-0.3, -0.25) is 0 Å². The van der Waals surface area contributed by atoms with Crippen LogP contribution in [0.5, 0.6) is 0 Å². The first-order chi connectivity index (χ1) is 31.7. The van der Waals surface area contributed by atoms with Gasteiger partial charge >= 0.3 is 0 Å². The summed E-state index contributed by atoms with van der Waals surface area (Å²) in [5.74, 6) is 0. The molecule has 0 atom stereocenters. The Balaban J connectivity index is 0.920. The first kappa shape index (κ1) is 36.2. The molecule has 10 aromatic carbocycles. The Labute approximate surface area is 369 Å². The number of hydrogen-bond donors (Lipinski definition) is 0. The summed E-state index contributed by atoms with van der Waals surface area (Å²) >= 11 is 0. The highest BCUT2D eigenvalue weighted by atomic mass is 16.3. The van der Waals surface area contributed by atoms with Crippen molar-refractivity contribution < 1.29 is 8.83 Å². The van der Waals surface area contributed by atoms with Crippen molar-refractivity contribution in [2.75, 3.05) is 0 Å². The number of pyridine rings is 1. The second kappa shape index (κ2) is 14.5. The van der Waals surface area contributed by atoms with Gasteiger partial charge in [-0.2, -0.15) is 0 Å². The third-order valence-corrected chi connectivity index (χ3v) is 12.9. The molecule has 0 bridgehead atoms. The van der Waals surface area contributed by atoms with Crippen molar-refractivity contribution in [2.24, 2.45) is 0 Å². The number of rotatable bonds is 6. The van der Waals surface area contributed by atoms with Crippen molar-refractivity contribution in [3.63, 3.8) is 0 Å². The maximum absolute atomic E-state index is 7.00. The van der Waals surface area contributed by atoms with Crippen LogP contribution >= 0.6 is 0 Å². The Kier molecular flexibility index (Phi) is 8.22. The minimum absolute atomic E-state index is 0.880. The van der Waals surface area contributed by atoms with Crippen LogP contribution in [0.2, 0.25) is 0 Å². The minimum atomic E-state index is 0.880. The Bertz CT molecular complexity index is 3860. The van der Waals surface area contributed by atoms with E-state index in [9.17, 15) is 0 Å². The number of fused-ring (bicyclic) bond motifs is 10. The molecule has 0 aliphatic rings. The number of aromatic nitrogens is 1. The third kappa shape index (κ3) is 5.86. The maximum Gasteiger partial charge on any atom is 0.143 e. The van der Waals surface area contributed by atoms with E-state index in [1.165, 1.54) is 22.3 Å². The van der Waals surface area contributed by atoms with Gasteiger partial charge in [0.2, 0.25) is 0 Å². The van der Waals surface area contributed by atoms with E-state index in [4.69, 9.17) is 13.8 Å². The molecule has 0 spiro atoms. The van der Waals surface area contributed by atoms with Gasteiger partial charge in [0.05, 0.1) is 11.2 Å². The molecule has 13 aromatic rings. The van der Waals surface area contributed by atoms with Gasteiger partial charge < -0.3 is 8.83 Å². The summed E-state index contributed by atoms with van der Waals surface area (Å²) < 4.78 is 13.4. The normalized spacial score (nSPS) is 11.8. The maximum atomic E-state index is 7.00. The summed E-state index contributed by atoms with van der Waals surface area (Å²) in [7, 11) is 0. The highest BCUT2D eigenvalue weighted by molar-refractivity contribution is 6.28. The van der Waals surface area contributed by atoms with Gasteiger partial charge in [0.15, 0.2) is 0 Å². The van der Waals surface area contributed by atoms with Crippen LogP contribution in [0.4, 0.5) is 0 Å². The molecule has 0 unspecified atom stereocenters. The van der Waals surface area contributed by atoms with Crippen LogP contribution in [0.15, 0.2) is 233 Å². The Morgan fingerprint density at radius 1 is 0.266 bits per heavy atom. The highest BCUT2D eigenvalue weighted by Gasteiger charge is 2.20. The van der Waals surface area contributed by atoms with Crippen LogP contribution in [0.1, 0.15) is 0 Å². The molecule has 3 heteroatoms. The smallest absolute Gasteiger partial charge is 0.143 e. The lowest BCUT2D eigenvalue weighted by Crippen LogP contribution is -1.91. The largest absolute Gasteiger partial charge is 0.456 e. The van der Waals surface area contributed by atoms with Gasteiger partial charge in [0.1, 0.15) is 22.3 Å². The molecule has 0 radical (unpaired) electrons. The second-order valence-electron chi connectivity index (χ2n) is 16.6. The number of hydrogen-bond acceptors (Lipinski definition) is 3. The van der Waals surface area contributed by atoms with Gasteiger partial charge in [0.25, 0.3) is 0 Å². The van der Waals surface area contributed by atoms with E-state index in [0.29, 0.717) is 0 Å². The topological polar surface area (TPSA) is 39.2 Å². The molecular formula is C61H37NO2. The minimum Gasteiger partial charge on any atom is -0.456 e. The van der Waals surface area contributed by atoms with E-state index in [1.54, 1.807) is 0 Å². The standard InChI is InChI=1S/C61H37NO2/c1-4-14-38(15-5-1)44-34-45(39-16-6-2-7-17-39)36-46(35-44)48-22-13-24-50-49-23-12-21-47(60(49)64-61(48)50)41-28-26-40(27-29-41)43-30-31-51-54(37-43)62-59(42-18-8-3-9-19-42)53-32-33-56-58(57(51)53)52-20-10-11-25-55(52)63-56/h1-37H. The summed E-state index contributed by atoms with van der Waals surface area (Å²) in [5, 5.41) is 7.81. The molecule has 0 saturated heterocycles. The Morgan fingerprint density at radius 2 is 0.781 bits per heavy atom. The molecule has 0 N–H and O–H groups in total. The van der Waals surface area contributed by atoms with Gasteiger partial charge in [-0.25, -0.2) is 4.98 Å². The lowest BCUT2D eigenvalue weighted by molar-refractivity contribution is 0.669. The monoisotopic (exact) mass is 815 g/mol. The van der Waals surface area contributed by atoms with Crippen LogP contribution in [0.3, 0.4) is 0 Å². The first-order valence-corrected chi connectivity index (χ1v) is 21.8. The van der Waals surface area contributed by atoms with Crippen LogP contribution in [-0.4, -0.2) is 4.98 Å². The first-order valence-electron chi connectivity index (χ1n) is 21.8. The molecule has 64 heavy (non-hydrogen) atoms. The molecule has 3 heterocycles. The summed E-state index contributed by atoms with van der Waals surface area (Å²) in [6.07, 6.45) is 0. The predicted molar refractivity (Wildman–Crippen MR) is 266 cm³/mol. The van der Waals surface area contributed by atoms with Gasteiger partial charge in [-0.15, -0.1) is 0 Å². The van der Waals surface area contributed by atoms with E-state index >= 15 is 0 Å². The van der Waals surface area contributed by atoms with E-state index in [-0.39, 0.29) is 0 Å². The van der Waals surface area contributed by atoms with Crippen molar-refractivity contribution >= 4 is 65.6 Å². The van der Waals surface area contributed by atoms with Gasteiger partial charge in [-0.05, 0) is 87.0 Å². The van der Waals surface area contributed by atoms with Gasteiger partial charge in [-0.1, -0.05) is 182 Å². The molecule has 3 nitrogen and oxygen atoms in total. The lowest BCUT2D eigenvalue weighted by Gasteiger charge is -2.13. The average Bonchev–Trinajstić information content (AvgIpc) is 3.96. The molecule has 0 saturated carbocycles. The van der Waals surface area contributed by atoms with E-state index < -0.39 is 0 Å². The van der Waals surface area contributed by atoms with Crippen LogP contribution in [0.25, 0.3) is 132 Å². The highest BCUT2D eigenvalue weighted by Crippen LogP contribution is 2.44. The molecule has 0 aliphatic carbocycles. The van der Waals surface area contributed by atoms with Gasteiger partial charge in [0, 0.05) is 54.4 Å². The fraction of sp³-hybridized carbons (Fsp3) is 0. The van der Waals surface area contributed by atoms with Crippen molar-refractivity contribution in [3.05, 3.63) is 224 Å². The molecule has 13 rings (SSSR count). The predicted octanol–water partition coefficient (Wildman–Crippen LogP) is 17.2. The molecule has 3 aromatic heterocycles. The van der Waals surface area contributed by atoms with Crippen molar-refractivity contribution in [2.45, 2.75) is 0 Å². The quantitative estimate of drug-likeness (QED) is 0.157. The van der Waals surface area contributed by atoms with Crippen LogP contribution < -0.4 is 0 Å². The van der Waals surface area contributed by atoms with E-state index in [0.717, 1.165) is 110 Å². The molecule has 0 aliphatic heterocycles. The molecule has 298 valence electrons. The Morgan fingerprint density at radius 3 is 1.45 bits per heavy atom. The van der Waals surface area contributed by atoms with Crippen molar-refractivity contribution in [1.82, 2.24) is 4.98 Å². The third-order valence-electron chi connectivity index (χ3n) is 12.9. The van der Waals surface area contributed by atoms with E-state index in [2.05, 4.69) is 212 Å². The fourth-order valence-corrected chi connectivity index (χ4v) is 9.80. The molecular weight excluding hydrogens is 779 g/mol. The lowest BCUT2D eigenvalue weighted by atomic mass is 9.92. The van der Waals surface area contributed by atoms with Crippen molar-refractivity contribution in [3.8, 4) is 66.9 Å². The molecule has 0 fully saturated rings. The number of furan rings is 2. The number of benzene rings is 10. The fourth-order valence-electron chi connectivity index (χ4n) is 9.80. The molecule has 0 amide bonds. The summed E-state index contributed by atoms with van der Waals surface area (Å²) in [5.41, 5.74) is 17.8. The summed E-state index contributed by atoms with van der Waals surface area (Å²) in [6, 6.07) is 79.6. The van der Waals surface area contributed by atoms with Crippen LogP contribution in [-0.2, 0) is 0 Å². The van der Waals surface area contributed by atoms with E-state index in [1.807, 2.05) is 12.1 Å². The van der Waals surface area contributed by atoms with Crippen LogP contribution in [0, 0.1) is 0 Å². The number of nitrogens with zero attached hydrogens (tertiary/aromatic N) is 1. The number of para-hydroxylation sites is 3. The summed E-state index contributed by atoms with van der Waals surface area (Å²) in [6.45, 7) is 0. The average molecular weight is 816 g/mol.